The number of hydrogen-bond donors (Lipinski definition) is 0. The Balaban J connectivity index is 2.26. The quantitative estimate of drug-likeness (QED) is 0.425. The summed E-state index contributed by atoms with van der Waals surface area (Å²) in [5.41, 5.74) is -0.997. The van der Waals surface area contributed by atoms with E-state index < -0.39 is 21.2 Å². The number of methoxy groups -OCH3 is 2. The summed E-state index contributed by atoms with van der Waals surface area (Å²) in [6.07, 6.45) is 0. The van der Waals surface area contributed by atoms with Gasteiger partial charge in [-0.05, 0) is 24.3 Å². The lowest BCUT2D eigenvalue weighted by Gasteiger charge is -1.93. The van der Waals surface area contributed by atoms with E-state index in [1.807, 2.05) is 0 Å². The molecule has 0 fully saturated rings. The molecule has 0 radical (unpaired) electrons. The molecule has 0 bridgehead atoms. The third-order valence-electron chi connectivity index (χ3n) is 3.24. The van der Waals surface area contributed by atoms with E-state index in [0.29, 0.717) is 19.9 Å². The van der Waals surface area contributed by atoms with Gasteiger partial charge in [0.1, 0.15) is 9.75 Å². The summed E-state index contributed by atoms with van der Waals surface area (Å²) in [6, 6.07) is 6.65. The molecule has 3 heterocycles. The number of rotatable bonds is 6. The molecule has 11 heteroatoms. The average molecular weight is 398 g/mol. The SMILES string of the molecule is COc1ccc(-c2sc(-c3ccc(OC)s3)c([N+](=O)[O-])c2[N+](=O)[O-])s1. The van der Waals surface area contributed by atoms with E-state index in [9.17, 15) is 20.2 Å². The van der Waals surface area contributed by atoms with E-state index in [0.717, 1.165) is 11.3 Å². The van der Waals surface area contributed by atoms with Crippen LogP contribution < -0.4 is 9.47 Å². The molecule has 0 unspecified atom stereocenters. The van der Waals surface area contributed by atoms with Gasteiger partial charge in [-0.1, -0.05) is 22.7 Å². The Labute approximate surface area is 153 Å². The summed E-state index contributed by atoms with van der Waals surface area (Å²) >= 11 is 3.42. The minimum Gasteiger partial charge on any atom is -0.487 e. The molecular weight excluding hydrogens is 388 g/mol. The van der Waals surface area contributed by atoms with Crippen LogP contribution in [-0.2, 0) is 0 Å². The number of nitro groups is 2. The van der Waals surface area contributed by atoms with Crippen molar-refractivity contribution in [1.82, 2.24) is 0 Å². The van der Waals surface area contributed by atoms with Gasteiger partial charge in [0.05, 0.1) is 33.8 Å². The van der Waals surface area contributed by atoms with Crippen molar-refractivity contribution in [2.24, 2.45) is 0 Å². The highest BCUT2D eigenvalue weighted by Crippen LogP contribution is 2.54. The van der Waals surface area contributed by atoms with Crippen LogP contribution in [0.3, 0.4) is 0 Å². The summed E-state index contributed by atoms with van der Waals surface area (Å²) in [4.78, 5) is 23.3. The molecule has 0 amide bonds. The maximum Gasteiger partial charge on any atom is 0.366 e. The first-order chi connectivity index (χ1) is 12.0. The van der Waals surface area contributed by atoms with E-state index in [4.69, 9.17) is 9.47 Å². The minimum absolute atomic E-state index is 0.243. The van der Waals surface area contributed by atoms with Crippen LogP contribution in [0.15, 0.2) is 24.3 Å². The van der Waals surface area contributed by atoms with Crippen molar-refractivity contribution in [3.63, 3.8) is 0 Å². The second-order valence-electron chi connectivity index (χ2n) is 4.62. The first kappa shape index (κ1) is 17.3. The largest absolute Gasteiger partial charge is 0.487 e. The fourth-order valence-electron chi connectivity index (χ4n) is 2.19. The van der Waals surface area contributed by atoms with Gasteiger partial charge in [0.2, 0.25) is 0 Å². The van der Waals surface area contributed by atoms with E-state index in [-0.39, 0.29) is 9.75 Å². The highest BCUT2D eigenvalue weighted by atomic mass is 32.1. The van der Waals surface area contributed by atoms with Gasteiger partial charge >= 0.3 is 11.4 Å². The van der Waals surface area contributed by atoms with Crippen molar-refractivity contribution < 1.29 is 19.3 Å². The van der Waals surface area contributed by atoms with Crippen molar-refractivity contribution in [3.8, 4) is 29.6 Å². The summed E-state index contributed by atoms with van der Waals surface area (Å²) in [5.74, 6) is 0. The van der Waals surface area contributed by atoms with Crippen molar-refractivity contribution in [2.45, 2.75) is 0 Å². The van der Waals surface area contributed by atoms with Gasteiger partial charge in [-0.15, -0.1) is 11.3 Å². The minimum atomic E-state index is -0.704. The molecule has 3 aromatic rings. The number of hydrogen-bond acceptors (Lipinski definition) is 9. The molecule has 0 aromatic carbocycles. The summed E-state index contributed by atoms with van der Waals surface area (Å²) in [6.45, 7) is 0. The number of ether oxygens (including phenoxy) is 2. The molecular formula is C14H10N2O6S3. The zero-order valence-electron chi connectivity index (χ0n) is 12.9. The Bertz CT molecular complexity index is 883. The van der Waals surface area contributed by atoms with Gasteiger partial charge in [0.15, 0.2) is 10.1 Å². The molecule has 8 nitrogen and oxygen atoms in total. The Morgan fingerprint density at radius 2 is 1.16 bits per heavy atom. The molecule has 130 valence electrons. The second-order valence-corrected chi connectivity index (χ2v) is 7.73. The van der Waals surface area contributed by atoms with Crippen LogP contribution in [0.5, 0.6) is 10.1 Å². The molecule has 0 aliphatic heterocycles. The van der Waals surface area contributed by atoms with Crippen molar-refractivity contribution in [3.05, 3.63) is 44.5 Å². The summed E-state index contributed by atoms with van der Waals surface area (Å²) < 4.78 is 10.2. The van der Waals surface area contributed by atoms with Gasteiger partial charge in [0.25, 0.3) is 0 Å². The van der Waals surface area contributed by atoms with Crippen molar-refractivity contribution in [1.29, 1.82) is 0 Å². The molecule has 3 rings (SSSR count). The molecule has 0 N–H and O–H groups in total. The Hall–Kier alpha value is -2.50. The lowest BCUT2D eigenvalue weighted by Crippen LogP contribution is -1.95. The third kappa shape index (κ3) is 3.08. The molecule has 3 aromatic heterocycles. The molecule has 0 spiro atoms. The van der Waals surface area contributed by atoms with Crippen LogP contribution in [0.2, 0.25) is 0 Å². The van der Waals surface area contributed by atoms with Gasteiger partial charge in [0, 0.05) is 0 Å². The van der Waals surface area contributed by atoms with Crippen LogP contribution in [0.4, 0.5) is 11.4 Å². The van der Waals surface area contributed by atoms with Gasteiger partial charge in [-0.25, -0.2) is 0 Å². The Morgan fingerprint density at radius 3 is 1.44 bits per heavy atom. The monoisotopic (exact) mass is 398 g/mol. The van der Waals surface area contributed by atoms with E-state index in [1.54, 1.807) is 24.3 Å². The van der Waals surface area contributed by atoms with Crippen LogP contribution in [0.1, 0.15) is 0 Å². The Kier molecular flexibility index (Phi) is 4.70. The van der Waals surface area contributed by atoms with Gasteiger partial charge < -0.3 is 9.47 Å². The molecule has 0 saturated carbocycles. The van der Waals surface area contributed by atoms with Crippen LogP contribution in [0, 0.1) is 20.2 Å². The second kappa shape index (κ2) is 6.78. The smallest absolute Gasteiger partial charge is 0.366 e. The van der Waals surface area contributed by atoms with Gasteiger partial charge in [-0.2, -0.15) is 0 Å². The highest BCUT2D eigenvalue weighted by molar-refractivity contribution is 7.28. The molecule has 0 aliphatic carbocycles. The Morgan fingerprint density at radius 1 is 0.760 bits per heavy atom. The lowest BCUT2D eigenvalue weighted by molar-refractivity contribution is -0.420. The van der Waals surface area contributed by atoms with Crippen molar-refractivity contribution in [2.75, 3.05) is 14.2 Å². The van der Waals surface area contributed by atoms with E-state index in [2.05, 4.69) is 0 Å². The van der Waals surface area contributed by atoms with Crippen LogP contribution in [0.25, 0.3) is 19.5 Å². The van der Waals surface area contributed by atoms with Crippen LogP contribution in [-0.4, -0.2) is 24.1 Å². The lowest BCUT2D eigenvalue weighted by atomic mass is 10.2. The topological polar surface area (TPSA) is 105 Å². The molecule has 0 aliphatic rings. The standard InChI is InChI=1S/C14H10N2O6S3/c1-21-9-5-3-7(23-9)13-11(15(17)18)12(16(19)20)14(25-13)8-4-6-10(22-2)24-8/h3-6H,1-2H3. The zero-order chi connectivity index (χ0) is 18.1. The van der Waals surface area contributed by atoms with E-state index >= 15 is 0 Å². The predicted octanol–water partition coefficient (Wildman–Crippen LogP) is 5.04. The number of thiophene rings is 3. The number of nitrogens with zero attached hydrogens (tertiary/aromatic N) is 2. The molecule has 0 atom stereocenters. The maximum absolute atomic E-state index is 11.6. The van der Waals surface area contributed by atoms with Crippen molar-refractivity contribution >= 4 is 45.4 Å². The average Bonchev–Trinajstić information content (AvgIpc) is 3.30. The summed E-state index contributed by atoms with van der Waals surface area (Å²) in [7, 11) is 2.98. The highest BCUT2D eigenvalue weighted by Gasteiger charge is 2.38. The van der Waals surface area contributed by atoms with E-state index in [1.165, 1.54) is 36.9 Å². The fourth-order valence-corrected chi connectivity index (χ4v) is 5.29. The zero-order valence-corrected chi connectivity index (χ0v) is 15.3. The third-order valence-corrected chi connectivity index (χ3v) is 6.86. The summed E-state index contributed by atoms with van der Waals surface area (Å²) in [5, 5.41) is 24.3. The fraction of sp³-hybridized carbons (Fsp3) is 0.143. The first-order valence-electron chi connectivity index (χ1n) is 6.70. The van der Waals surface area contributed by atoms with Crippen LogP contribution >= 0.6 is 34.0 Å². The normalized spacial score (nSPS) is 10.6. The molecule has 25 heavy (non-hydrogen) atoms. The maximum atomic E-state index is 11.6. The van der Waals surface area contributed by atoms with Gasteiger partial charge in [-0.3, -0.25) is 20.2 Å². The predicted molar refractivity (Wildman–Crippen MR) is 97.4 cm³/mol. The first-order valence-corrected chi connectivity index (χ1v) is 9.15. The molecule has 0 saturated heterocycles.